The first-order chi connectivity index (χ1) is 15.6. The molecule has 4 aromatic rings. The number of fused-ring (bicyclic) bond motifs is 2. The molecule has 1 aliphatic heterocycles. The normalized spacial score (nSPS) is 15.2. The van der Waals surface area contributed by atoms with E-state index in [4.69, 9.17) is 9.26 Å². The number of carbonyl (C=O) groups excluding carboxylic acids is 1. The van der Waals surface area contributed by atoms with E-state index in [-0.39, 0.29) is 5.78 Å². The fraction of sp³-hybridized carbons (Fsp3) is 0.231. The van der Waals surface area contributed by atoms with Crippen LogP contribution in [0.5, 0.6) is 0 Å². The zero-order valence-corrected chi connectivity index (χ0v) is 18.1. The predicted octanol–water partition coefficient (Wildman–Crippen LogP) is 5.24. The number of ether oxygens (including phenoxy) is 1. The first-order valence-corrected chi connectivity index (χ1v) is 10.9. The molecule has 1 aromatic heterocycles. The summed E-state index contributed by atoms with van der Waals surface area (Å²) in [5.41, 5.74) is 7.77. The smallest absolute Gasteiger partial charge is 0.196 e. The molecule has 1 saturated heterocycles. The summed E-state index contributed by atoms with van der Waals surface area (Å²) in [7, 11) is 0. The van der Waals surface area contributed by atoms with Crippen LogP contribution in [0.25, 0.3) is 22.2 Å². The highest BCUT2D eigenvalue weighted by molar-refractivity contribution is 6.28. The van der Waals surface area contributed by atoms with Gasteiger partial charge in [0.15, 0.2) is 11.5 Å². The van der Waals surface area contributed by atoms with Crippen LogP contribution >= 0.6 is 0 Å². The Labute approximate surface area is 185 Å². The quantitative estimate of drug-likeness (QED) is 0.427. The Morgan fingerprint density at radius 1 is 0.969 bits per heavy atom. The van der Waals surface area contributed by atoms with Crippen molar-refractivity contribution in [2.75, 3.05) is 36.5 Å². The molecule has 6 heteroatoms. The summed E-state index contributed by atoms with van der Waals surface area (Å²) >= 11 is 0. The van der Waals surface area contributed by atoms with Crippen LogP contribution in [-0.2, 0) is 4.74 Å². The number of aromatic nitrogens is 1. The summed E-state index contributed by atoms with van der Waals surface area (Å²) in [6, 6.07) is 15.9. The molecule has 0 amide bonds. The van der Waals surface area contributed by atoms with E-state index in [1.54, 1.807) is 0 Å². The van der Waals surface area contributed by atoms with Crippen molar-refractivity contribution in [2.45, 2.75) is 13.8 Å². The molecule has 0 atom stereocenters. The summed E-state index contributed by atoms with van der Waals surface area (Å²) in [5.74, 6) is 0.645. The molecule has 1 N–H and O–H groups in total. The van der Waals surface area contributed by atoms with Crippen molar-refractivity contribution in [1.82, 2.24) is 5.16 Å². The lowest BCUT2D eigenvalue weighted by atomic mass is 9.86. The monoisotopic (exact) mass is 425 g/mol. The van der Waals surface area contributed by atoms with Crippen LogP contribution < -0.4 is 10.2 Å². The zero-order chi connectivity index (χ0) is 21.8. The second-order valence-electron chi connectivity index (χ2n) is 8.47. The van der Waals surface area contributed by atoms with Crippen molar-refractivity contribution < 1.29 is 14.1 Å². The molecule has 0 unspecified atom stereocenters. The van der Waals surface area contributed by atoms with Gasteiger partial charge in [-0.25, -0.2) is 0 Å². The third-order valence-corrected chi connectivity index (χ3v) is 6.39. The van der Waals surface area contributed by atoms with Gasteiger partial charge >= 0.3 is 0 Å². The van der Waals surface area contributed by atoms with E-state index in [2.05, 4.69) is 47.4 Å². The van der Waals surface area contributed by atoms with E-state index in [0.29, 0.717) is 30.1 Å². The van der Waals surface area contributed by atoms with Crippen LogP contribution in [0.1, 0.15) is 27.0 Å². The molecular weight excluding hydrogens is 402 g/mol. The van der Waals surface area contributed by atoms with Gasteiger partial charge in [0.25, 0.3) is 0 Å². The number of nitrogens with zero attached hydrogens (tertiary/aromatic N) is 2. The van der Waals surface area contributed by atoms with Gasteiger partial charge in [-0.3, -0.25) is 4.79 Å². The molecule has 160 valence electrons. The summed E-state index contributed by atoms with van der Waals surface area (Å²) in [6.07, 6.45) is 0. The van der Waals surface area contributed by atoms with Crippen LogP contribution in [0.3, 0.4) is 0 Å². The summed E-state index contributed by atoms with van der Waals surface area (Å²) in [4.78, 5) is 16.0. The van der Waals surface area contributed by atoms with Gasteiger partial charge in [0.1, 0.15) is 5.52 Å². The van der Waals surface area contributed by atoms with Gasteiger partial charge in [-0.05, 0) is 37.1 Å². The number of anilines is 3. The number of morpholine rings is 1. The minimum absolute atomic E-state index is 0.0115. The van der Waals surface area contributed by atoms with E-state index < -0.39 is 0 Å². The summed E-state index contributed by atoms with van der Waals surface area (Å²) < 4.78 is 11.4. The fourth-order valence-corrected chi connectivity index (χ4v) is 4.70. The van der Waals surface area contributed by atoms with Crippen LogP contribution in [0.4, 0.5) is 17.1 Å². The number of rotatable bonds is 3. The van der Waals surface area contributed by atoms with Crippen LogP contribution in [0, 0.1) is 13.8 Å². The average molecular weight is 425 g/mol. The Balaban J connectivity index is 1.63. The highest BCUT2D eigenvalue weighted by atomic mass is 16.5. The number of ketones is 1. The van der Waals surface area contributed by atoms with Crippen molar-refractivity contribution in [3.05, 3.63) is 70.8 Å². The lowest BCUT2D eigenvalue weighted by molar-refractivity contribution is 0.104. The van der Waals surface area contributed by atoms with Crippen molar-refractivity contribution >= 4 is 33.7 Å². The molecule has 0 radical (unpaired) electrons. The summed E-state index contributed by atoms with van der Waals surface area (Å²) in [5, 5.41) is 8.79. The molecule has 0 bridgehead atoms. The van der Waals surface area contributed by atoms with E-state index in [0.717, 1.165) is 57.7 Å². The Morgan fingerprint density at radius 3 is 2.56 bits per heavy atom. The van der Waals surface area contributed by atoms with Crippen molar-refractivity contribution in [3.63, 3.8) is 0 Å². The molecule has 1 fully saturated rings. The molecule has 2 aliphatic rings. The predicted molar refractivity (Wildman–Crippen MR) is 125 cm³/mol. The van der Waals surface area contributed by atoms with Crippen LogP contribution in [0.2, 0.25) is 0 Å². The van der Waals surface area contributed by atoms with E-state index in [9.17, 15) is 4.79 Å². The molecule has 1 aliphatic carbocycles. The zero-order valence-electron chi connectivity index (χ0n) is 18.1. The molecule has 0 saturated carbocycles. The van der Waals surface area contributed by atoms with Gasteiger partial charge in [-0.1, -0.05) is 41.6 Å². The minimum Gasteiger partial charge on any atom is -0.378 e. The second-order valence-corrected chi connectivity index (χ2v) is 8.47. The van der Waals surface area contributed by atoms with Crippen LogP contribution in [-0.4, -0.2) is 37.2 Å². The maximum atomic E-state index is 13.7. The number of nitrogens with one attached hydrogen (secondary N) is 1. The van der Waals surface area contributed by atoms with Crippen molar-refractivity contribution in [3.8, 4) is 11.3 Å². The number of aryl methyl sites for hydroxylation is 2. The van der Waals surface area contributed by atoms with Gasteiger partial charge in [0.2, 0.25) is 0 Å². The third kappa shape index (κ3) is 2.83. The largest absolute Gasteiger partial charge is 0.378 e. The maximum Gasteiger partial charge on any atom is 0.196 e. The van der Waals surface area contributed by atoms with Crippen LogP contribution in [0.15, 0.2) is 53.1 Å². The Morgan fingerprint density at radius 2 is 1.75 bits per heavy atom. The first kappa shape index (κ1) is 19.1. The highest BCUT2D eigenvalue weighted by Crippen LogP contribution is 2.46. The molecule has 6 rings (SSSR count). The molecule has 6 nitrogen and oxygen atoms in total. The van der Waals surface area contributed by atoms with Gasteiger partial charge in [0, 0.05) is 29.9 Å². The van der Waals surface area contributed by atoms with Gasteiger partial charge < -0.3 is 19.5 Å². The topological polar surface area (TPSA) is 67.6 Å². The first-order valence-electron chi connectivity index (χ1n) is 10.9. The molecule has 2 heterocycles. The number of hydrogen-bond acceptors (Lipinski definition) is 6. The molecular formula is C26H23N3O3. The minimum atomic E-state index is -0.0115. The SMILES string of the molecule is Cc1ccc(C)c(Nc2cc(N3CCOCC3)c3noc4c3c2C(=O)c2ccccc2-4)c1. The van der Waals surface area contributed by atoms with E-state index >= 15 is 0 Å². The Kier molecular flexibility index (Phi) is 4.30. The lowest BCUT2D eigenvalue weighted by Crippen LogP contribution is -2.36. The Hall–Kier alpha value is -3.64. The van der Waals surface area contributed by atoms with Crippen molar-refractivity contribution in [2.24, 2.45) is 0 Å². The molecule has 32 heavy (non-hydrogen) atoms. The molecule has 3 aromatic carbocycles. The fourth-order valence-electron chi connectivity index (χ4n) is 4.70. The van der Waals surface area contributed by atoms with Gasteiger partial charge in [0.05, 0.1) is 35.5 Å². The maximum absolute atomic E-state index is 13.7. The number of benzene rings is 3. The van der Waals surface area contributed by atoms with E-state index in [1.807, 2.05) is 30.3 Å². The van der Waals surface area contributed by atoms with Gasteiger partial charge in [-0.15, -0.1) is 0 Å². The summed E-state index contributed by atoms with van der Waals surface area (Å²) in [6.45, 7) is 6.99. The second kappa shape index (κ2) is 7.21. The van der Waals surface area contributed by atoms with Gasteiger partial charge in [-0.2, -0.15) is 0 Å². The third-order valence-electron chi connectivity index (χ3n) is 6.39. The standard InChI is InChI=1S/C26H23N3O3/c1-15-7-8-16(2)19(13-15)27-20-14-21(29-9-11-31-12-10-29)24-23-22(20)25(30)17-5-3-4-6-18(17)26(23)32-28-24/h3-8,13-14,27H,9-12H2,1-2H3. The number of hydrogen-bond donors (Lipinski definition) is 1. The Bertz CT molecular complexity index is 1380. The average Bonchev–Trinajstić information content (AvgIpc) is 3.26. The van der Waals surface area contributed by atoms with Crippen molar-refractivity contribution in [1.29, 1.82) is 0 Å². The number of carbonyl (C=O) groups is 1. The van der Waals surface area contributed by atoms with E-state index in [1.165, 1.54) is 0 Å². The highest BCUT2D eigenvalue weighted by Gasteiger charge is 2.34. The lowest BCUT2D eigenvalue weighted by Gasteiger charge is -2.30. The molecule has 0 spiro atoms.